The summed E-state index contributed by atoms with van der Waals surface area (Å²) < 4.78 is 0. The number of anilines is 1. The van der Waals surface area contributed by atoms with E-state index in [4.69, 9.17) is 0 Å². The van der Waals surface area contributed by atoms with Gasteiger partial charge in [0.1, 0.15) is 0 Å². The summed E-state index contributed by atoms with van der Waals surface area (Å²) in [5, 5.41) is 2.51. The molecule has 1 amide bonds. The van der Waals surface area contributed by atoms with Crippen molar-refractivity contribution in [2.75, 3.05) is 4.90 Å². The zero-order chi connectivity index (χ0) is 10.5. The van der Waals surface area contributed by atoms with Gasteiger partial charge >= 0.3 is 6.41 Å². The van der Waals surface area contributed by atoms with Crippen molar-refractivity contribution in [2.45, 2.75) is 6.54 Å². The monoisotopic (exact) mass is 217 g/mol. The third-order valence-corrected chi connectivity index (χ3v) is 2.74. The van der Waals surface area contributed by atoms with E-state index < -0.39 is 0 Å². The lowest BCUT2D eigenvalue weighted by molar-refractivity contribution is 0.550. The summed E-state index contributed by atoms with van der Waals surface area (Å²) in [7, 11) is 0. The summed E-state index contributed by atoms with van der Waals surface area (Å²) in [5.74, 6) is 0. The fourth-order valence-electron chi connectivity index (χ4n) is 1.25. The summed E-state index contributed by atoms with van der Waals surface area (Å²) in [4.78, 5) is 16.3. The fourth-order valence-corrected chi connectivity index (χ4v) is 1.85. The Morgan fingerprint density at radius 1 is 1.33 bits per heavy atom. The third-order valence-electron chi connectivity index (χ3n) is 1.94. The smallest absolute Gasteiger partial charge is 0.275 e. The maximum atomic E-state index is 10.8. The zero-order valence-corrected chi connectivity index (χ0v) is 8.78. The van der Waals surface area contributed by atoms with E-state index in [9.17, 15) is 4.79 Å². The van der Waals surface area contributed by atoms with Crippen LogP contribution in [0.1, 0.15) is 5.56 Å². The quantitative estimate of drug-likeness (QED) is 0.736. The van der Waals surface area contributed by atoms with Gasteiger partial charge in [0.2, 0.25) is 0 Å². The topological polar surface area (TPSA) is 33.2 Å². The molecule has 0 aliphatic carbocycles. The number of rotatable bonds is 4. The second-order valence-corrected chi connectivity index (χ2v) is 3.85. The Hall–Kier alpha value is -1.68. The highest BCUT2D eigenvalue weighted by atomic mass is 32.1. The predicted octanol–water partition coefficient (Wildman–Crippen LogP) is 2.22. The van der Waals surface area contributed by atoms with E-state index in [0.29, 0.717) is 11.7 Å². The molecule has 0 atom stereocenters. The van der Waals surface area contributed by atoms with Crippen molar-refractivity contribution >= 4 is 22.9 Å². The first-order chi connectivity index (χ1) is 7.40. The van der Waals surface area contributed by atoms with E-state index in [1.807, 2.05) is 42.1 Å². The molecule has 0 aliphatic rings. The van der Waals surface area contributed by atoms with Gasteiger partial charge in [0.15, 0.2) is 5.13 Å². The molecular weight excluding hydrogens is 208 g/mol. The fraction of sp³-hybridized carbons (Fsp3) is 0.0909. The van der Waals surface area contributed by atoms with Crippen molar-refractivity contribution in [1.82, 2.24) is 4.98 Å². The van der Waals surface area contributed by atoms with Crippen LogP contribution in [-0.4, -0.2) is 11.4 Å². The lowest BCUT2D eigenvalue weighted by atomic mass is 10.2. The van der Waals surface area contributed by atoms with Gasteiger partial charge in [0.05, 0.1) is 6.54 Å². The van der Waals surface area contributed by atoms with Gasteiger partial charge in [-0.2, -0.15) is 0 Å². The normalized spacial score (nSPS) is 9.87. The Morgan fingerprint density at radius 3 is 2.73 bits per heavy atom. The first kappa shape index (κ1) is 9.86. The first-order valence-electron chi connectivity index (χ1n) is 4.49. The molecular formula is C11H9N2OS. The molecule has 2 aromatic rings. The van der Waals surface area contributed by atoms with Gasteiger partial charge in [0.25, 0.3) is 0 Å². The van der Waals surface area contributed by atoms with Crippen LogP contribution in [0.4, 0.5) is 5.13 Å². The second kappa shape index (κ2) is 4.70. The van der Waals surface area contributed by atoms with E-state index >= 15 is 0 Å². The SMILES string of the molecule is O=[C]N(Cc1ccccc1)c1nccs1. The minimum absolute atomic E-state index is 0.512. The average Bonchev–Trinajstić information content (AvgIpc) is 2.81. The Labute approximate surface area is 92.0 Å². The molecule has 1 heterocycles. The van der Waals surface area contributed by atoms with Crippen LogP contribution in [0.3, 0.4) is 0 Å². The van der Waals surface area contributed by atoms with Crippen LogP contribution < -0.4 is 4.90 Å². The number of benzene rings is 1. The summed E-state index contributed by atoms with van der Waals surface area (Å²) in [6.07, 6.45) is 3.56. The Morgan fingerprint density at radius 2 is 2.13 bits per heavy atom. The molecule has 4 heteroatoms. The van der Waals surface area contributed by atoms with E-state index in [2.05, 4.69) is 4.98 Å². The number of amides is 1. The minimum Gasteiger partial charge on any atom is -0.275 e. The molecule has 15 heavy (non-hydrogen) atoms. The molecule has 1 aromatic carbocycles. The van der Waals surface area contributed by atoms with Gasteiger partial charge in [-0.1, -0.05) is 30.3 Å². The van der Waals surface area contributed by atoms with Crippen LogP contribution in [-0.2, 0) is 11.3 Å². The molecule has 0 bridgehead atoms. The van der Waals surface area contributed by atoms with Crippen molar-refractivity contribution in [3.8, 4) is 0 Å². The number of nitrogens with zero attached hydrogens (tertiary/aromatic N) is 2. The van der Waals surface area contributed by atoms with E-state index in [0.717, 1.165) is 5.56 Å². The zero-order valence-electron chi connectivity index (χ0n) is 7.96. The molecule has 2 rings (SSSR count). The van der Waals surface area contributed by atoms with Gasteiger partial charge in [-0.25, -0.2) is 4.98 Å². The number of hydrogen-bond donors (Lipinski definition) is 0. The van der Waals surface area contributed by atoms with E-state index in [1.54, 1.807) is 6.20 Å². The maximum Gasteiger partial charge on any atom is 0.319 e. The number of thiazole rings is 1. The standard InChI is InChI=1S/C11H9N2OS/c14-9-13(11-12-6-7-15-11)8-10-4-2-1-3-5-10/h1-7H,8H2. The average molecular weight is 217 g/mol. The Balaban J connectivity index is 2.13. The van der Waals surface area contributed by atoms with E-state index in [-0.39, 0.29) is 0 Å². The van der Waals surface area contributed by atoms with Gasteiger partial charge in [0, 0.05) is 11.6 Å². The second-order valence-electron chi connectivity index (χ2n) is 2.98. The van der Waals surface area contributed by atoms with E-state index in [1.165, 1.54) is 16.2 Å². The summed E-state index contributed by atoms with van der Waals surface area (Å²) >= 11 is 1.43. The Kier molecular flexibility index (Phi) is 3.09. The molecule has 3 nitrogen and oxygen atoms in total. The van der Waals surface area contributed by atoms with Crippen LogP contribution >= 0.6 is 11.3 Å². The van der Waals surface area contributed by atoms with Crippen molar-refractivity contribution < 1.29 is 4.79 Å². The summed E-state index contributed by atoms with van der Waals surface area (Å²) in [6, 6.07) is 9.78. The van der Waals surface area contributed by atoms with Crippen molar-refractivity contribution in [3.05, 3.63) is 47.5 Å². The molecule has 0 saturated carbocycles. The minimum atomic E-state index is 0.512. The highest BCUT2D eigenvalue weighted by Gasteiger charge is 2.08. The lowest BCUT2D eigenvalue weighted by Gasteiger charge is -2.12. The van der Waals surface area contributed by atoms with Crippen molar-refractivity contribution in [1.29, 1.82) is 0 Å². The molecule has 0 aliphatic heterocycles. The number of hydrogen-bond acceptors (Lipinski definition) is 3. The largest absolute Gasteiger partial charge is 0.319 e. The lowest BCUT2D eigenvalue weighted by Crippen LogP contribution is -2.19. The molecule has 1 radical (unpaired) electrons. The summed E-state index contributed by atoms with van der Waals surface area (Å²) in [6.45, 7) is 0.512. The van der Waals surface area contributed by atoms with Crippen LogP contribution in [0.15, 0.2) is 41.9 Å². The molecule has 0 fully saturated rings. The molecule has 0 unspecified atom stereocenters. The highest BCUT2D eigenvalue weighted by molar-refractivity contribution is 7.13. The molecule has 0 spiro atoms. The molecule has 1 aromatic heterocycles. The van der Waals surface area contributed by atoms with Crippen LogP contribution in [0.2, 0.25) is 0 Å². The maximum absolute atomic E-state index is 10.8. The molecule has 0 N–H and O–H groups in total. The van der Waals surface area contributed by atoms with Gasteiger partial charge < -0.3 is 0 Å². The molecule has 75 valence electrons. The number of aromatic nitrogens is 1. The Bertz CT molecular complexity index is 413. The van der Waals surface area contributed by atoms with Crippen LogP contribution in [0, 0.1) is 0 Å². The predicted molar refractivity (Wildman–Crippen MR) is 60.4 cm³/mol. The van der Waals surface area contributed by atoms with Crippen molar-refractivity contribution in [2.24, 2.45) is 0 Å². The third kappa shape index (κ3) is 2.41. The van der Waals surface area contributed by atoms with Gasteiger partial charge in [-0.05, 0) is 5.56 Å². The highest BCUT2D eigenvalue weighted by Crippen LogP contribution is 2.17. The first-order valence-corrected chi connectivity index (χ1v) is 5.37. The molecule has 0 saturated heterocycles. The van der Waals surface area contributed by atoms with Gasteiger partial charge in [-0.15, -0.1) is 11.3 Å². The number of carbonyl (C=O) groups excluding carboxylic acids is 1. The van der Waals surface area contributed by atoms with Crippen LogP contribution in [0.25, 0.3) is 0 Å². The summed E-state index contributed by atoms with van der Waals surface area (Å²) in [5.41, 5.74) is 1.07. The van der Waals surface area contributed by atoms with Crippen LogP contribution in [0.5, 0.6) is 0 Å². The van der Waals surface area contributed by atoms with Crippen molar-refractivity contribution in [3.63, 3.8) is 0 Å². The van der Waals surface area contributed by atoms with Gasteiger partial charge in [-0.3, -0.25) is 9.69 Å².